The van der Waals surface area contributed by atoms with Crippen molar-refractivity contribution in [1.82, 2.24) is 9.88 Å². The predicted molar refractivity (Wildman–Crippen MR) is 114 cm³/mol. The topological polar surface area (TPSA) is 127 Å². The second-order valence-corrected chi connectivity index (χ2v) is 7.46. The summed E-state index contributed by atoms with van der Waals surface area (Å²) in [6, 6.07) is 2.69. The molecule has 1 heterocycles. The molecule has 0 aliphatic heterocycles. The number of benzene rings is 1. The lowest BCUT2D eigenvalue weighted by molar-refractivity contribution is -0.147. The van der Waals surface area contributed by atoms with Gasteiger partial charge in [-0.05, 0) is 57.0 Å². The third-order valence-corrected chi connectivity index (χ3v) is 5.22. The Morgan fingerprint density at radius 2 is 1.78 bits per heavy atom. The number of aromatic nitrogens is 1. The van der Waals surface area contributed by atoms with Gasteiger partial charge in [-0.25, -0.2) is 9.18 Å². The van der Waals surface area contributed by atoms with Crippen molar-refractivity contribution >= 4 is 29.3 Å². The monoisotopic (exact) mass is 447 g/mol. The van der Waals surface area contributed by atoms with E-state index in [9.17, 15) is 28.7 Å². The Morgan fingerprint density at radius 3 is 2.31 bits per heavy atom. The van der Waals surface area contributed by atoms with Gasteiger partial charge in [0.15, 0.2) is 6.04 Å². The number of halogens is 1. The van der Waals surface area contributed by atoms with Crippen molar-refractivity contribution in [2.24, 2.45) is 7.05 Å². The zero-order chi connectivity index (χ0) is 24.3. The molecule has 0 bridgehead atoms. The number of methoxy groups -OCH3 is 1. The lowest BCUT2D eigenvalue weighted by atomic mass is 10.1. The van der Waals surface area contributed by atoms with Crippen LogP contribution in [0, 0.1) is 26.6 Å². The molecule has 0 fully saturated rings. The highest BCUT2D eigenvalue weighted by molar-refractivity contribution is 6.43. The highest BCUT2D eigenvalue weighted by atomic mass is 19.1. The number of amides is 2. The molecule has 3 N–H and O–H groups in total. The van der Waals surface area contributed by atoms with Crippen LogP contribution in [0.25, 0.3) is 0 Å². The number of ketones is 1. The van der Waals surface area contributed by atoms with Crippen LogP contribution in [0.4, 0.5) is 10.1 Å². The quantitative estimate of drug-likeness (QED) is 0.336. The molecule has 0 radical (unpaired) electrons. The van der Waals surface area contributed by atoms with E-state index in [1.807, 2.05) is 0 Å². The van der Waals surface area contributed by atoms with E-state index in [1.54, 1.807) is 13.8 Å². The van der Waals surface area contributed by atoms with Gasteiger partial charge in [-0.2, -0.15) is 0 Å². The molecule has 0 saturated carbocycles. The molecule has 2 amide bonds. The van der Waals surface area contributed by atoms with E-state index in [2.05, 4.69) is 15.4 Å². The summed E-state index contributed by atoms with van der Waals surface area (Å²) in [5, 5.41) is 14.5. The molecule has 0 aliphatic carbocycles. The molecular formula is C22H26FN3O6. The highest BCUT2D eigenvalue weighted by Crippen LogP contribution is 2.24. The van der Waals surface area contributed by atoms with Crippen molar-refractivity contribution in [3.05, 3.63) is 52.1 Å². The standard InChI is InChI=1S/C22H26FN3O6/c1-10-9-14(7-8-15(10)23)24-20(29)16-11(2)18(26(5)12(16)3)19(28)21(30)25-17(13(4)27)22(31)32-6/h7-9,13,17,27H,1-6H3,(H,24,29)(H,25,30)/t13-,17+/m0/s1. The number of Topliss-reactive ketones (excluding diaryl/α,β-unsaturated/α-hetero) is 1. The number of rotatable bonds is 7. The van der Waals surface area contributed by atoms with Crippen molar-refractivity contribution in [3.63, 3.8) is 0 Å². The Balaban J connectivity index is 2.34. The van der Waals surface area contributed by atoms with Gasteiger partial charge in [-0.1, -0.05) is 0 Å². The Hall–Kier alpha value is -3.53. The van der Waals surface area contributed by atoms with Crippen molar-refractivity contribution in [1.29, 1.82) is 0 Å². The van der Waals surface area contributed by atoms with Gasteiger partial charge >= 0.3 is 5.97 Å². The van der Waals surface area contributed by atoms with Gasteiger partial charge in [-0.15, -0.1) is 0 Å². The van der Waals surface area contributed by atoms with Crippen molar-refractivity contribution in [2.45, 2.75) is 39.8 Å². The Kier molecular flexibility index (Phi) is 7.52. The fraction of sp³-hybridized carbons (Fsp3) is 0.364. The SMILES string of the molecule is COC(=O)[C@H](NC(=O)C(=O)c1c(C)c(C(=O)Nc2ccc(F)c(C)c2)c(C)n1C)[C@H](C)O. The third kappa shape index (κ3) is 4.86. The Labute approximate surface area is 184 Å². The number of anilines is 1. The van der Waals surface area contributed by atoms with Crippen LogP contribution in [0.5, 0.6) is 0 Å². The molecule has 0 aliphatic rings. The number of nitrogens with one attached hydrogen (secondary N) is 2. The first-order valence-corrected chi connectivity index (χ1v) is 9.75. The fourth-order valence-corrected chi connectivity index (χ4v) is 3.37. The van der Waals surface area contributed by atoms with E-state index in [1.165, 1.54) is 43.7 Å². The van der Waals surface area contributed by atoms with Crippen molar-refractivity contribution in [2.75, 3.05) is 12.4 Å². The molecule has 0 unspecified atom stereocenters. The molecule has 0 saturated heterocycles. The van der Waals surface area contributed by atoms with E-state index in [4.69, 9.17) is 0 Å². The number of carbonyl (C=O) groups excluding carboxylic acids is 4. The molecule has 1 aromatic heterocycles. The molecular weight excluding hydrogens is 421 g/mol. The van der Waals surface area contributed by atoms with Crippen molar-refractivity contribution < 1.29 is 33.4 Å². The molecule has 172 valence electrons. The Bertz CT molecular complexity index is 1090. The second-order valence-electron chi connectivity index (χ2n) is 7.46. The first-order chi connectivity index (χ1) is 14.9. The lowest BCUT2D eigenvalue weighted by Gasteiger charge is -2.18. The second kappa shape index (κ2) is 9.73. The van der Waals surface area contributed by atoms with Gasteiger partial charge in [0.25, 0.3) is 17.6 Å². The average molecular weight is 447 g/mol. The van der Waals surface area contributed by atoms with Crippen LogP contribution in [0.1, 0.15) is 44.6 Å². The molecule has 0 spiro atoms. The van der Waals surface area contributed by atoms with Gasteiger partial charge in [0.1, 0.15) is 5.82 Å². The van der Waals surface area contributed by atoms with Crippen LogP contribution in [0.3, 0.4) is 0 Å². The molecule has 2 aromatic rings. The average Bonchev–Trinajstić information content (AvgIpc) is 2.95. The summed E-state index contributed by atoms with van der Waals surface area (Å²) in [6.07, 6.45) is -1.30. The first-order valence-electron chi connectivity index (χ1n) is 9.75. The Morgan fingerprint density at radius 1 is 1.16 bits per heavy atom. The summed E-state index contributed by atoms with van der Waals surface area (Å²) in [6.45, 7) is 5.96. The smallest absolute Gasteiger partial charge is 0.331 e. The van der Waals surface area contributed by atoms with Crippen LogP contribution >= 0.6 is 0 Å². The summed E-state index contributed by atoms with van der Waals surface area (Å²) >= 11 is 0. The van der Waals surface area contributed by atoms with E-state index in [0.717, 1.165) is 7.11 Å². The number of ether oxygens (including phenoxy) is 1. The number of aliphatic hydroxyl groups excluding tert-OH is 1. The van der Waals surface area contributed by atoms with Gasteiger partial charge in [0, 0.05) is 18.4 Å². The van der Waals surface area contributed by atoms with Gasteiger partial charge in [0.2, 0.25) is 0 Å². The van der Waals surface area contributed by atoms with E-state index < -0.39 is 41.5 Å². The van der Waals surface area contributed by atoms with Crippen LogP contribution in [-0.2, 0) is 21.4 Å². The normalized spacial score (nSPS) is 12.6. The molecule has 10 heteroatoms. The molecule has 2 atom stereocenters. The van der Waals surface area contributed by atoms with Gasteiger partial charge < -0.3 is 25.0 Å². The number of aliphatic hydroxyl groups is 1. The van der Waals surface area contributed by atoms with Crippen LogP contribution in [-0.4, -0.2) is 52.5 Å². The number of carbonyl (C=O) groups is 4. The van der Waals surface area contributed by atoms with E-state index >= 15 is 0 Å². The number of hydrogen-bond donors (Lipinski definition) is 3. The summed E-state index contributed by atoms with van der Waals surface area (Å²) in [5.41, 5.74) is 1.55. The maximum atomic E-state index is 13.5. The zero-order valence-electron chi connectivity index (χ0n) is 18.7. The summed E-state index contributed by atoms with van der Waals surface area (Å²) < 4.78 is 19.4. The van der Waals surface area contributed by atoms with Crippen molar-refractivity contribution in [3.8, 4) is 0 Å². The minimum Gasteiger partial charge on any atom is -0.467 e. The minimum absolute atomic E-state index is 0.0466. The summed E-state index contributed by atoms with van der Waals surface area (Å²) in [5.74, 6) is -3.96. The number of esters is 1. The van der Waals surface area contributed by atoms with Gasteiger partial charge in [0.05, 0.1) is 24.5 Å². The first kappa shape index (κ1) is 24.7. The third-order valence-electron chi connectivity index (χ3n) is 5.22. The molecule has 2 rings (SSSR count). The maximum absolute atomic E-state index is 13.5. The molecule has 9 nitrogen and oxygen atoms in total. The predicted octanol–water partition coefficient (Wildman–Crippen LogP) is 1.56. The van der Waals surface area contributed by atoms with E-state index in [-0.39, 0.29) is 16.8 Å². The largest absolute Gasteiger partial charge is 0.467 e. The minimum atomic E-state index is -1.43. The maximum Gasteiger partial charge on any atom is 0.331 e. The highest BCUT2D eigenvalue weighted by Gasteiger charge is 2.33. The van der Waals surface area contributed by atoms with Gasteiger partial charge in [-0.3, -0.25) is 14.4 Å². The van der Waals surface area contributed by atoms with Crippen LogP contribution < -0.4 is 10.6 Å². The molecule has 1 aromatic carbocycles. The number of hydrogen-bond acceptors (Lipinski definition) is 6. The van der Waals surface area contributed by atoms with Crippen LogP contribution in [0.2, 0.25) is 0 Å². The summed E-state index contributed by atoms with van der Waals surface area (Å²) in [4.78, 5) is 50.0. The van der Waals surface area contributed by atoms with Crippen LogP contribution in [0.15, 0.2) is 18.2 Å². The molecule has 32 heavy (non-hydrogen) atoms. The number of nitrogens with zero attached hydrogens (tertiary/aromatic N) is 1. The fourth-order valence-electron chi connectivity index (χ4n) is 3.37. The zero-order valence-corrected chi connectivity index (χ0v) is 18.7. The number of aryl methyl sites for hydroxylation is 1. The lowest BCUT2D eigenvalue weighted by Crippen LogP contribution is -2.50. The summed E-state index contributed by atoms with van der Waals surface area (Å²) in [7, 11) is 2.61. The van der Waals surface area contributed by atoms with E-state index in [0.29, 0.717) is 16.9 Å².